The van der Waals surface area contributed by atoms with Crippen LogP contribution in [0.15, 0.2) is 0 Å². The van der Waals surface area contributed by atoms with Crippen molar-refractivity contribution in [2.45, 2.75) is 45.3 Å². The SMILES string of the molecule is CC1(C)CC[C@H](O)[C@H](N)C1. The lowest BCUT2D eigenvalue weighted by atomic mass is 9.74. The van der Waals surface area contributed by atoms with Gasteiger partial charge in [0.2, 0.25) is 0 Å². The van der Waals surface area contributed by atoms with Crippen LogP contribution >= 0.6 is 0 Å². The second-order valence-corrected chi connectivity index (χ2v) is 4.14. The molecule has 2 nitrogen and oxygen atoms in total. The second-order valence-electron chi connectivity index (χ2n) is 4.14. The highest BCUT2D eigenvalue weighted by atomic mass is 16.3. The maximum absolute atomic E-state index is 9.28. The Kier molecular flexibility index (Phi) is 2.02. The molecular formula is C8H17NO. The molecule has 1 fully saturated rings. The first-order valence-electron chi connectivity index (χ1n) is 3.95. The van der Waals surface area contributed by atoms with Gasteiger partial charge in [-0.1, -0.05) is 13.8 Å². The van der Waals surface area contributed by atoms with E-state index in [0.717, 1.165) is 19.3 Å². The van der Waals surface area contributed by atoms with Gasteiger partial charge in [-0.25, -0.2) is 0 Å². The summed E-state index contributed by atoms with van der Waals surface area (Å²) in [5, 5.41) is 9.28. The summed E-state index contributed by atoms with van der Waals surface area (Å²) >= 11 is 0. The first-order valence-corrected chi connectivity index (χ1v) is 3.95. The van der Waals surface area contributed by atoms with Crippen LogP contribution in [0.4, 0.5) is 0 Å². The lowest BCUT2D eigenvalue weighted by Gasteiger charge is -2.36. The fraction of sp³-hybridized carbons (Fsp3) is 1.00. The van der Waals surface area contributed by atoms with E-state index in [-0.39, 0.29) is 12.1 Å². The van der Waals surface area contributed by atoms with Crippen molar-refractivity contribution in [3.05, 3.63) is 0 Å². The molecule has 1 aliphatic carbocycles. The molecule has 2 atom stereocenters. The molecule has 0 unspecified atom stereocenters. The van der Waals surface area contributed by atoms with Crippen LogP contribution in [0.25, 0.3) is 0 Å². The van der Waals surface area contributed by atoms with Crippen LogP contribution in [0.5, 0.6) is 0 Å². The molecule has 0 saturated heterocycles. The lowest BCUT2D eigenvalue weighted by Crippen LogP contribution is -2.43. The number of aliphatic hydroxyl groups excluding tert-OH is 1. The maximum atomic E-state index is 9.28. The van der Waals surface area contributed by atoms with Crippen molar-refractivity contribution in [1.29, 1.82) is 0 Å². The average molecular weight is 143 g/mol. The van der Waals surface area contributed by atoms with Gasteiger partial charge in [0.25, 0.3) is 0 Å². The molecule has 0 heterocycles. The third-order valence-corrected chi connectivity index (χ3v) is 2.40. The van der Waals surface area contributed by atoms with Crippen molar-refractivity contribution in [3.63, 3.8) is 0 Å². The Bertz CT molecular complexity index is 122. The zero-order valence-electron chi connectivity index (χ0n) is 6.80. The van der Waals surface area contributed by atoms with Gasteiger partial charge < -0.3 is 10.8 Å². The molecule has 0 aromatic rings. The van der Waals surface area contributed by atoms with Gasteiger partial charge in [-0.05, 0) is 24.7 Å². The van der Waals surface area contributed by atoms with Gasteiger partial charge in [-0.3, -0.25) is 0 Å². The van der Waals surface area contributed by atoms with E-state index in [4.69, 9.17) is 5.73 Å². The van der Waals surface area contributed by atoms with Crippen molar-refractivity contribution in [2.24, 2.45) is 11.1 Å². The van der Waals surface area contributed by atoms with Crippen molar-refractivity contribution < 1.29 is 5.11 Å². The van der Waals surface area contributed by atoms with Crippen LogP contribution in [-0.4, -0.2) is 17.3 Å². The fourth-order valence-electron chi connectivity index (χ4n) is 1.63. The minimum absolute atomic E-state index is 0.00347. The highest BCUT2D eigenvalue weighted by molar-refractivity contribution is 4.86. The van der Waals surface area contributed by atoms with Gasteiger partial charge in [0.05, 0.1) is 6.10 Å². The Morgan fingerprint density at radius 3 is 2.50 bits per heavy atom. The molecule has 1 aliphatic rings. The molecule has 0 amide bonds. The molecule has 0 aromatic carbocycles. The third-order valence-electron chi connectivity index (χ3n) is 2.40. The predicted molar refractivity (Wildman–Crippen MR) is 41.6 cm³/mol. The summed E-state index contributed by atoms with van der Waals surface area (Å²) < 4.78 is 0. The van der Waals surface area contributed by atoms with E-state index in [1.807, 2.05) is 0 Å². The first kappa shape index (κ1) is 8.02. The first-order chi connectivity index (χ1) is 4.51. The number of hydrogen-bond donors (Lipinski definition) is 2. The Balaban J connectivity index is 2.49. The highest BCUT2D eigenvalue weighted by Crippen LogP contribution is 2.34. The van der Waals surface area contributed by atoms with E-state index in [1.165, 1.54) is 0 Å². The van der Waals surface area contributed by atoms with Crippen LogP contribution in [0.2, 0.25) is 0 Å². The summed E-state index contributed by atoms with van der Waals surface area (Å²) in [6, 6.07) is 0.00347. The molecule has 3 N–H and O–H groups in total. The molecule has 0 bridgehead atoms. The molecule has 60 valence electrons. The number of aliphatic hydroxyl groups is 1. The molecule has 0 aromatic heterocycles. The minimum Gasteiger partial charge on any atom is -0.392 e. The zero-order valence-corrected chi connectivity index (χ0v) is 6.80. The maximum Gasteiger partial charge on any atom is 0.0691 e. The van der Waals surface area contributed by atoms with Crippen LogP contribution in [0, 0.1) is 5.41 Å². The van der Waals surface area contributed by atoms with E-state index in [1.54, 1.807) is 0 Å². The Morgan fingerprint density at radius 1 is 1.50 bits per heavy atom. The standard InChI is InChI=1S/C8H17NO/c1-8(2)4-3-7(10)6(9)5-8/h6-7,10H,3-5,9H2,1-2H3/t6-,7+/m1/s1. The van der Waals surface area contributed by atoms with E-state index in [0.29, 0.717) is 5.41 Å². The van der Waals surface area contributed by atoms with Crippen molar-refractivity contribution >= 4 is 0 Å². The molecule has 1 saturated carbocycles. The molecule has 0 aliphatic heterocycles. The molecule has 1 rings (SSSR count). The molecule has 0 radical (unpaired) electrons. The van der Waals surface area contributed by atoms with E-state index in [9.17, 15) is 5.11 Å². The summed E-state index contributed by atoms with van der Waals surface area (Å²) in [5.41, 5.74) is 6.05. The van der Waals surface area contributed by atoms with Crippen molar-refractivity contribution in [3.8, 4) is 0 Å². The van der Waals surface area contributed by atoms with Crippen LogP contribution in [-0.2, 0) is 0 Å². The number of hydrogen-bond acceptors (Lipinski definition) is 2. The number of rotatable bonds is 0. The van der Waals surface area contributed by atoms with Gasteiger partial charge >= 0.3 is 0 Å². The van der Waals surface area contributed by atoms with Gasteiger partial charge in [0.1, 0.15) is 0 Å². The minimum atomic E-state index is -0.256. The molecule has 0 spiro atoms. The van der Waals surface area contributed by atoms with Gasteiger partial charge in [0.15, 0.2) is 0 Å². The van der Waals surface area contributed by atoms with Crippen LogP contribution in [0.1, 0.15) is 33.1 Å². The van der Waals surface area contributed by atoms with Crippen LogP contribution in [0.3, 0.4) is 0 Å². The topological polar surface area (TPSA) is 46.2 Å². The number of nitrogens with two attached hydrogens (primary N) is 1. The van der Waals surface area contributed by atoms with E-state index < -0.39 is 0 Å². The Morgan fingerprint density at radius 2 is 2.10 bits per heavy atom. The predicted octanol–water partition coefficient (Wildman–Crippen LogP) is 0.885. The zero-order chi connectivity index (χ0) is 7.78. The molecule has 10 heavy (non-hydrogen) atoms. The van der Waals surface area contributed by atoms with Gasteiger partial charge in [0, 0.05) is 6.04 Å². The lowest BCUT2D eigenvalue weighted by molar-refractivity contribution is 0.0591. The normalized spacial score (nSPS) is 39.6. The molecule has 2 heteroatoms. The smallest absolute Gasteiger partial charge is 0.0691 e. The van der Waals surface area contributed by atoms with E-state index >= 15 is 0 Å². The summed E-state index contributed by atoms with van der Waals surface area (Å²) in [4.78, 5) is 0. The van der Waals surface area contributed by atoms with E-state index in [2.05, 4.69) is 13.8 Å². The average Bonchev–Trinajstić information content (AvgIpc) is 1.79. The molecular weight excluding hydrogens is 126 g/mol. The Labute approximate surface area is 62.4 Å². The monoisotopic (exact) mass is 143 g/mol. The summed E-state index contributed by atoms with van der Waals surface area (Å²) in [5.74, 6) is 0. The van der Waals surface area contributed by atoms with Crippen molar-refractivity contribution in [2.75, 3.05) is 0 Å². The largest absolute Gasteiger partial charge is 0.392 e. The Hall–Kier alpha value is -0.0800. The third kappa shape index (κ3) is 1.70. The summed E-state index contributed by atoms with van der Waals surface area (Å²) in [7, 11) is 0. The van der Waals surface area contributed by atoms with Gasteiger partial charge in [-0.15, -0.1) is 0 Å². The quantitative estimate of drug-likeness (QED) is 0.529. The highest BCUT2D eigenvalue weighted by Gasteiger charge is 2.31. The van der Waals surface area contributed by atoms with Crippen molar-refractivity contribution in [1.82, 2.24) is 0 Å². The van der Waals surface area contributed by atoms with Crippen LogP contribution < -0.4 is 5.73 Å². The summed E-state index contributed by atoms with van der Waals surface area (Å²) in [6.45, 7) is 4.41. The summed E-state index contributed by atoms with van der Waals surface area (Å²) in [6.07, 6.45) is 2.66. The van der Waals surface area contributed by atoms with Gasteiger partial charge in [-0.2, -0.15) is 0 Å². The second kappa shape index (κ2) is 2.51. The fourth-order valence-corrected chi connectivity index (χ4v) is 1.63.